The van der Waals surface area contributed by atoms with Gasteiger partial charge < -0.3 is 10.1 Å². The van der Waals surface area contributed by atoms with Crippen LogP contribution in [0.25, 0.3) is 0 Å². The Balaban J connectivity index is 1.56. The number of benzene rings is 2. The molecule has 0 atom stereocenters. The highest BCUT2D eigenvalue weighted by Gasteiger charge is 2.12. The average molecular weight is 371 g/mol. The van der Waals surface area contributed by atoms with Crippen molar-refractivity contribution in [2.24, 2.45) is 0 Å². The predicted molar refractivity (Wildman–Crippen MR) is 101 cm³/mol. The average Bonchev–Trinajstić information content (AvgIpc) is 3.07. The molecular weight excluding hydrogens is 354 g/mol. The molecule has 0 saturated heterocycles. The lowest BCUT2D eigenvalue weighted by Crippen LogP contribution is -2.22. The van der Waals surface area contributed by atoms with Crippen molar-refractivity contribution < 1.29 is 9.53 Å². The predicted octanol–water partition coefficient (Wildman–Crippen LogP) is 4.29. The van der Waals surface area contributed by atoms with Gasteiger partial charge in [-0.3, -0.25) is 4.79 Å². The van der Waals surface area contributed by atoms with E-state index < -0.39 is 0 Å². The summed E-state index contributed by atoms with van der Waals surface area (Å²) in [6.45, 7) is 2.22. The second-order valence-electron chi connectivity index (χ2n) is 5.29. The van der Waals surface area contributed by atoms with Crippen molar-refractivity contribution in [2.75, 3.05) is 6.26 Å². The first-order valence-electron chi connectivity index (χ1n) is 7.63. The van der Waals surface area contributed by atoms with Gasteiger partial charge in [-0.05, 0) is 66.7 Å². The van der Waals surface area contributed by atoms with E-state index in [2.05, 4.69) is 14.9 Å². The van der Waals surface area contributed by atoms with Crippen molar-refractivity contribution in [1.82, 2.24) is 14.9 Å². The molecule has 0 bridgehead atoms. The number of aryl methyl sites for hydroxylation is 1. The molecule has 0 aliphatic heterocycles. The van der Waals surface area contributed by atoms with Crippen LogP contribution in [0, 0.1) is 6.92 Å². The smallest absolute Gasteiger partial charge is 0.265 e. The van der Waals surface area contributed by atoms with Crippen LogP contribution in [0.1, 0.15) is 20.9 Å². The molecule has 25 heavy (non-hydrogen) atoms. The highest BCUT2D eigenvalue weighted by molar-refractivity contribution is 7.98. The molecular formula is C18H17N3O2S2. The minimum Gasteiger partial charge on any atom is -0.457 e. The number of carbonyl (C=O) groups excluding carboxylic acids is 1. The second-order valence-corrected chi connectivity index (χ2v) is 6.93. The first kappa shape index (κ1) is 17.4. The number of nitrogens with zero attached hydrogens (tertiary/aromatic N) is 2. The third kappa shape index (κ3) is 4.58. The molecule has 3 rings (SSSR count). The zero-order chi connectivity index (χ0) is 17.6. The van der Waals surface area contributed by atoms with Gasteiger partial charge in [-0.25, -0.2) is 0 Å². The van der Waals surface area contributed by atoms with E-state index >= 15 is 0 Å². The number of amides is 1. The van der Waals surface area contributed by atoms with Gasteiger partial charge in [-0.15, -0.1) is 16.9 Å². The number of aromatic nitrogens is 2. The minimum absolute atomic E-state index is 0.151. The highest BCUT2D eigenvalue weighted by Crippen LogP contribution is 2.24. The summed E-state index contributed by atoms with van der Waals surface area (Å²) in [5.74, 6) is 1.41. The van der Waals surface area contributed by atoms with Crippen LogP contribution >= 0.6 is 23.3 Å². The van der Waals surface area contributed by atoms with Crippen molar-refractivity contribution >= 4 is 29.2 Å². The van der Waals surface area contributed by atoms with Crippen LogP contribution in [0.4, 0.5) is 0 Å². The largest absolute Gasteiger partial charge is 0.457 e. The summed E-state index contributed by atoms with van der Waals surface area (Å²) >= 11 is 2.80. The molecule has 1 aromatic heterocycles. The van der Waals surface area contributed by atoms with Crippen LogP contribution in [-0.2, 0) is 6.54 Å². The maximum atomic E-state index is 12.1. The van der Waals surface area contributed by atoms with Crippen LogP contribution in [0.3, 0.4) is 0 Å². The number of carbonyl (C=O) groups is 1. The van der Waals surface area contributed by atoms with E-state index in [1.165, 1.54) is 4.90 Å². The maximum absolute atomic E-state index is 12.1. The van der Waals surface area contributed by atoms with Gasteiger partial charge in [0.25, 0.3) is 5.91 Å². The van der Waals surface area contributed by atoms with Gasteiger partial charge in [-0.1, -0.05) is 16.6 Å². The van der Waals surface area contributed by atoms with Crippen LogP contribution in [-0.4, -0.2) is 21.7 Å². The zero-order valence-electron chi connectivity index (χ0n) is 13.9. The van der Waals surface area contributed by atoms with Gasteiger partial charge in [0, 0.05) is 11.4 Å². The van der Waals surface area contributed by atoms with Crippen molar-refractivity contribution in [3.63, 3.8) is 0 Å². The lowest BCUT2D eigenvalue weighted by Gasteiger charge is -2.08. The number of nitrogens with one attached hydrogen (secondary N) is 1. The van der Waals surface area contributed by atoms with Gasteiger partial charge in [0.05, 0.1) is 5.69 Å². The fourth-order valence-electron chi connectivity index (χ4n) is 2.16. The summed E-state index contributed by atoms with van der Waals surface area (Å²) in [6.07, 6.45) is 2.04. The van der Waals surface area contributed by atoms with Gasteiger partial charge in [0.15, 0.2) is 0 Å². The van der Waals surface area contributed by atoms with Crippen LogP contribution in [0.5, 0.6) is 11.5 Å². The third-order valence-electron chi connectivity index (χ3n) is 3.53. The Kier molecular flexibility index (Phi) is 5.67. The molecule has 2 aromatic carbocycles. The number of hydrogen-bond donors (Lipinski definition) is 1. The lowest BCUT2D eigenvalue weighted by atomic mass is 10.2. The molecule has 1 N–H and O–H groups in total. The summed E-state index contributed by atoms with van der Waals surface area (Å²) in [5.41, 5.74) is 1.65. The Labute approximate surface area is 154 Å². The number of hydrogen-bond acceptors (Lipinski definition) is 6. The van der Waals surface area contributed by atoms with Crippen molar-refractivity contribution in [2.45, 2.75) is 18.4 Å². The minimum atomic E-state index is -0.151. The Morgan fingerprint density at radius 1 is 1.12 bits per heavy atom. The molecule has 7 heteroatoms. The molecule has 1 amide bonds. The standard InChI is InChI=1S/C18H17N3O2S2/c1-12-17(25-21-20-12)18(22)19-11-13-3-5-14(6-4-13)23-15-7-9-16(24-2)10-8-15/h3-10H,11H2,1-2H3,(H,19,22). The van der Waals surface area contributed by atoms with E-state index in [1.54, 1.807) is 18.7 Å². The molecule has 0 aliphatic rings. The van der Waals surface area contributed by atoms with Crippen molar-refractivity contribution in [1.29, 1.82) is 0 Å². The molecule has 0 unspecified atom stereocenters. The summed E-state index contributed by atoms with van der Waals surface area (Å²) in [7, 11) is 0. The Morgan fingerprint density at radius 2 is 1.76 bits per heavy atom. The zero-order valence-corrected chi connectivity index (χ0v) is 15.5. The van der Waals surface area contributed by atoms with E-state index in [1.807, 2.05) is 54.8 Å². The Morgan fingerprint density at radius 3 is 2.32 bits per heavy atom. The van der Waals surface area contributed by atoms with Gasteiger partial charge in [0.2, 0.25) is 0 Å². The fourth-order valence-corrected chi connectivity index (χ4v) is 3.14. The van der Waals surface area contributed by atoms with E-state index in [0.717, 1.165) is 28.6 Å². The maximum Gasteiger partial charge on any atom is 0.265 e. The van der Waals surface area contributed by atoms with Gasteiger partial charge >= 0.3 is 0 Å². The second kappa shape index (κ2) is 8.13. The Hall–Kier alpha value is -2.38. The van der Waals surface area contributed by atoms with E-state index in [0.29, 0.717) is 17.1 Å². The first-order chi connectivity index (χ1) is 12.2. The molecule has 0 fully saturated rings. The first-order valence-corrected chi connectivity index (χ1v) is 9.63. The van der Waals surface area contributed by atoms with Crippen molar-refractivity contribution in [3.8, 4) is 11.5 Å². The number of rotatable bonds is 6. The molecule has 0 saturated carbocycles. The summed E-state index contributed by atoms with van der Waals surface area (Å²) in [4.78, 5) is 13.8. The normalized spacial score (nSPS) is 10.5. The quantitative estimate of drug-likeness (QED) is 0.655. The number of ether oxygens (including phenoxy) is 1. The fraction of sp³-hybridized carbons (Fsp3) is 0.167. The highest BCUT2D eigenvalue weighted by atomic mass is 32.2. The van der Waals surface area contributed by atoms with Crippen LogP contribution < -0.4 is 10.1 Å². The molecule has 0 spiro atoms. The van der Waals surface area contributed by atoms with E-state index in [-0.39, 0.29) is 5.91 Å². The molecule has 5 nitrogen and oxygen atoms in total. The molecule has 1 heterocycles. The summed E-state index contributed by atoms with van der Waals surface area (Å²) in [5, 5.41) is 6.72. The van der Waals surface area contributed by atoms with Crippen molar-refractivity contribution in [3.05, 3.63) is 64.7 Å². The SMILES string of the molecule is CSc1ccc(Oc2ccc(CNC(=O)c3snnc3C)cc2)cc1. The van der Waals surface area contributed by atoms with Crippen LogP contribution in [0.2, 0.25) is 0 Å². The molecule has 3 aromatic rings. The third-order valence-corrected chi connectivity index (χ3v) is 5.10. The molecule has 0 aliphatic carbocycles. The topological polar surface area (TPSA) is 64.1 Å². The summed E-state index contributed by atoms with van der Waals surface area (Å²) in [6, 6.07) is 15.6. The molecule has 0 radical (unpaired) electrons. The van der Waals surface area contributed by atoms with Crippen LogP contribution in [0.15, 0.2) is 53.4 Å². The van der Waals surface area contributed by atoms with E-state index in [4.69, 9.17) is 4.74 Å². The Bertz CT molecular complexity index is 846. The molecule has 128 valence electrons. The van der Waals surface area contributed by atoms with Gasteiger partial charge in [0.1, 0.15) is 16.4 Å². The van der Waals surface area contributed by atoms with Gasteiger partial charge in [-0.2, -0.15) is 0 Å². The summed E-state index contributed by atoms with van der Waals surface area (Å²) < 4.78 is 9.59. The monoisotopic (exact) mass is 371 g/mol. The lowest BCUT2D eigenvalue weighted by molar-refractivity contribution is 0.0954. The van der Waals surface area contributed by atoms with E-state index in [9.17, 15) is 4.79 Å². The number of thioether (sulfide) groups is 1.